The molecule has 0 saturated heterocycles. The lowest BCUT2D eigenvalue weighted by Gasteiger charge is -2.12. The molecule has 1 atom stereocenters. The number of carbonyl (C=O) groups is 2. The number of carboxylic acid groups (broad SMARTS) is 1. The number of aliphatic hydroxyl groups excluding tert-OH is 1. The van der Waals surface area contributed by atoms with Crippen LogP contribution in [0, 0.1) is 0 Å². The lowest BCUT2D eigenvalue weighted by Crippen LogP contribution is -2.21. The number of aliphatic carboxylic acids is 1. The first kappa shape index (κ1) is 23.4. The van der Waals surface area contributed by atoms with Crippen LogP contribution in [0.1, 0.15) is 11.7 Å². The van der Waals surface area contributed by atoms with Crippen LogP contribution in [0.2, 0.25) is 5.02 Å². The van der Waals surface area contributed by atoms with E-state index in [4.69, 9.17) is 27.2 Å². The van der Waals surface area contributed by atoms with Gasteiger partial charge >= 0.3 is 12.1 Å². The molecule has 6 N–H and O–H groups in total. The van der Waals surface area contributed by atoms with Crippen molar-refractivity contribution >= 4 is 61.8 Å². The Labute approximate surface area is 180 Å². The van der Waals surface area contributed by atoms with E-state index in [9.17, 15) is 23.1 Å². The van der Waals surface area contributed by atoms with Gasteiger partial charge in [-0.2, -0.15) is 18.3 Å². The Morgan fingerprint density at radius 2 is 1.80 bits per heavy atom. The first-order chi connectivity index (χ1) is 13.9. The number of carbonyl (C=O) groups excluding carboxylic acids is 1. The first-order valence-electron chi connectivity index (χ1n) is 7.87. The number of nitrogens with one attached hydrogen (secondary N) is 2. The van der Waals surface area contributed by atoms with Gasteiger partial charge in [-0.25, -0.2) is 4.79 Å². The number of amides is 1. The highest BCUT2D eigenvalue weighted by atomic mass is 79.9. The maximum atomic E-state index is 12.2. The number of aromatic nitrogens is 2. The Balaban J connectivity index is 0.000000396. The van der Waals surface area contributed by atoms with Crippen LogP contribution in [0.3, 0.4) is 0 Å². The number of hydrogen-bond acceptors (Lipinski definition) is 5. The number of nitrogens with two attached hydrogens (primary N) is 1. The lowest BCUT2D eigenvalue weighted by molar-refractivity contribution is -0.192. The number of rotatable bonds is 3. The van der Waals surface area contributed by atoms with Crippen molar-refractivity contribution in [1.82, 2.24) is 10.2 Å². The van der Waals surface area contributed by atoms with Crippen molar-refractivity contribution in [3.8, 4) is 0 Å². The number of hydrogen-bond donors (Lipinski definition) is 5. The topological polar surface area (TPSA) is 141 Å². The monoisotopic (exact) mass is 508 g/mol. The zero-order chi connectivity index (χ0) is 22.6. The van der Waals surface area contributed by atoms with Crippen LogP contribution >= 0.6 is 27.5 Å². The predicted octanol–water partition coefficient (Wildman–Crippen LogP) is 3.87. The van der Waals surface area contributed by atoms with Gasteiger partial charge in [0.25, 0.3) is 5.91 Å². The van der Waals surface area contributed by atoms with E-state index in [1.54, 1.807) is 36.4 Å². The van der Waals surface area contributed by atoms with E-state index in [1.807, 2.05) is 0 Å². The summed E-state index contributed by atoms with van der Waals surface area (Å²) in [7, 11) is 0. The molecular weight excluding hydrogens is 497 g/mol. The van der Waals surface area contributed by atoms with Crippen molar-refractivity contribution in [1.29, 1.82) is 0 Å². The number of aliphatic hydroxyl groups is 1. The fourth-order valence-electron chi connectivity index (χ4n) is 2.18. The second-order valence-electron chi connectivity index (χ2n) is 5.74. The van der Waals surface area contributed by atoms with Crippen LogP contribution in [0.25, 0.3) is 10.9 Å². The number of alkyl halides is 3. The van der Waals surface area contributed by atoms with Gasteiger partial charge in [0.2, 0.25) is 0 Å². The normalized spacial score (nSPS) is 12.1. The first-order valence-corrected chi connectivity index (χ1v) is 9.05. The molecule has 13 heteroatoms. The molecule has 1 aromatic heterocycles. The minimum atomic E-state index is -5.08. The van der Waals surface area contributed by atoms with Crippen molar-refractivity contribution in [2.45, 2.75) is 12.3 Å². The molecule has 0 spiro atoms. The van der Waals surface area contributed by atoms with E-state index in [1.165, 1.54) is 0 Å². The van der Waals surface area contributed by atoms with E-state index in [2.05, 4.69) is 31.4 Å². The molecule has 0 fully saturated rings. The average molecular weight is 510 g/mol. The molecule has 2 aromatic carbocycles. The Bertz CT molecular complexity index is 1070. The van der Waals surface area contributed by atoms with Crippen molar-refractivity contribution < 1.29 is 33.0 Å². The number of nitrogens with zero attached hydrogens (tertiary/aromatic N) is 1. The minimum absolute atomic E-state index is 0.329. The summed E-state index contributed by atoms with van der Waals surface area (Å²) in [5.74, 6) is -2.98. The third-order valence-corrected chi connectivity index (χ3v) is 4.48. The van der Waals surface area contributed by atoms with Crippen molar-refractivity contribution in [2.24, 2.45) is 0 Å². The van der Waals surface area contributed by atoms with E-state index < -0.39 is 24.2 Å². The maximum Gasteiger partial charge on any atom is 0.490 e. The molecule has 0 aliphatic heterocycles. The Kier molecular flexibility index (Phi) is 7.29. The van der Waals surface area contributed by atoms with Gasteiger partial charge in [-0.3, -0.25) is 9.89 Å². The summed E-state index contributed by atoms with van der Waals surface area (Å²) < 4.78 is 32.4. The largest absolute Gasteiger partial charge is 0.490 e. The highest BCUT2D eigenvalue weighted by molar-refractivity contribution is 9.10. The average Bonchev–Trinajstić information content (AvgIpc) is 3.03. The molecule has 0 radical (unpaired) electrons. The molecule has 0 saturated carbocycles. The summed E-state index contributed by atoms with van der Waals surface area (Å²) in [6.07, 6.45) is -6.39. The number of aromatic amines is 1. The van der Waals surface area contributed by atoms with Crippen LogP contribution in [-0.2, 0) is 9.59 Å². The van der Waals surface area contributed by atoms with E-state index >= 15 is 0 Å². The molecule has 30 heavy (non-hydrogen) atoms. The van der Waals surface area contributed by atoms with E-state index in [0.717, 1.165) is 5.52 Å². The smallest absolute Gasteiger partial charge is 0.475 e. The molecular formula is C17H13BrClF3N4O4. The fourth-order valence-corrected chi connectivity index (χ4v) is 2.85. The SMILES string of the molecule is Nc1n[nH]c2c(Br)cc(NC(=O)C(O)c3ccc(Cl)cc3)cc12.O=C(O)C(F)(F)F. The van der Waals surface area contributed by atoms with Gasteiger partial charge in [0.1, 0.15) is 0 Å². The molecule has 3 aromatic rings. The molecule has 160 valence electrons. The number of carboxylic acids is 1. The van der Waals surface area contributed by atoms with E-state index in [0.29, 0.717) is 32.0 Å². The number of benzene rings is 2. The second kappa shape index (κ2) is 9.32. The van der Waals surface area contributed by atoms with Gasteiger partial charge in [0.05, 0.1) is 5.52 Å². The van der Waals surface area contributed by atoms with Crippen LogP contribution in [-0.4, -0.2) is 38.5 Å². The van der Waals surface area contributed by atoms with E-state index in [-0.39, 0.29) is 0 Å². The van der Waals surface area contributed by atoms with Crippen molar-refractivity contribution in [2.75, 3.05) is 11.1 Å². The van der Waals surface area contributed by atoms with Crippen molar-refractivity contribution in [3.63, 3.8) is 0 Å². The quantitative estimate of drug-likeness (QED) is 0.363. The summed E-state index contributed by atoms with van der Waals surface area (Å²) in [6, 6.07) is 9.81. The highest BCUT2D eigenvalue weighted by Gasteiger charge is 2.38. The number of H-pyrrole nitrogens is 1. The minimum Gasteiger partial charge on any atom is -0.475 e. The molecule has 1 amide bonds. The van der Waals surface area contributed by atoms with Crippen LogP contribution in [0.4, 0.5) is 24.7 Å². The standard InChI is InChI=1S/C15H12BrClN4O2.C2HF3O2/c16-11-6-9(5-10-12(11)20-21-14(10)18)19-15(23)13(22)7-1-3-8(17)4-2-7;3-2(4,5)1(6)7/h1-6,13,22H,(H,19,23)(H3,18,20,21);(H,6,7). The van der Waals surface area contributed by atoms with Crippen LogP contribution in [0.5, 0.6) is 0 Å². The summed E-state index contributed by atoms with van der Waals surface area (Å²) in [6.45, 7) is 0. The second-order valence-corrected chi connectivity index (χ2v) is 7.03. The molecule has 3 rings (SSSR count). The molecule has 8 nitrogen and oxygen atoms in total. The fraction of sp³-hybridized carbons (Fsp3) is 0.118. The van der Waals surface area contributed by atoms with Crippen molar-refractivity contribution in [3.05, 3.63) is 51.5 Å². The van der Waals surface area contributed by atoms with Gasteiger partial charge in [0, 0.05) is 20.6 Å². The summed E-state index contributed by atoms with van der Waals surface area (Å²) in [5, 5.41) is 27.8. The zero-order valence-corrected chi connectivity index (χ0v) is 17.0. The summed E-state index contributed by atoms with van der Waals surface area (Å²) >= 11 is 9.18. The molecule has 0 bridgehead atoms. The molecule has 1 unspecified atom stereocenters. The third-order valence-electron chi connectivity index (χ3n) is 3.60. The van der Waals surface area contributed by atoms with Gasteiger partial charge in [-0.1, -0.05) is 23.7 Å². The summed E-state index contributed by atoms with van der Waals surface area (Å²) in [5.41, 5.74) is 7.46. The third kappa shape index (κ3) is 5.84. The number of halogens is 5. The molecule has 0 aliphatic rings. The van der Waals surface area contributed by atoms with Crippen LogP contribution < -0.4 is 11.1 Å². The lowest BCUT2D eigenvalue weighted by atomic mass is 10.1. The maximum absolute atomic E-state index is 12.2. The van der Waals surface area contributed by atoms with Gasteiger partial charge in [-0.15, -0.1) is 0 Å². The van der Waals surface area contributed by atoms with Gasteiger partial charge in [0.15, 0.2) is 11.9 Å². The number of fused-ring (bicyclic) bond motifs is 1. The van der Waals surface area contributed by atoms with Gasteiger partial charge < -0.3 is 21.3 Å². The molecule has 1 heterocycles. The summed E-state index contributed by atoms with van der Waals surface area (Å²) in [4.78, 5) is 21.1. The zero-order valence-electron chi connectivity index (χ0n) is 14.7. The van der Waals surface area contributed by atoms with Gasteiger partial charge in [-0.05, 0) is 45.8 Å². The highest BCUT2D eigenvalue weighted by Crippen LogP contribution is 2.30. The number of anilines is 2. The Morgan fingerprint density at radius 3 is 2.33 bits per heavy atom. The Hall–Kier alpha value is -2.83. The number of nitrogen functional groups attached to an aromatic ring is 1. The Morgan fingerprint density at radius 1 is 1.23 bits per heavy atom. The molecule has 0 aliphatic carbocycles. The van der Waals surface area contributed by atoms with Crippen LogP contribution in [0.15, 0.2) is 40.9 Å². The predicted molar refractivity (Wildman–Crippen MR) is 107 cm³/mol.